The summed E-state index contributed by atoms with van der Waals surface area (Å²) in [5.74, 6) is -0.000326. The molecule has 2 aromatic rings. The number of ether oxygens (including phenoxy) is 1. The number of piperidine rings is 1. The Morgan fingerprint density at radius 3 is 2.40 bits per heavy atom. The highest BCUT2D eigenvalue weighted by molar-refractivity contribution is 5.70. The Morgan fingerprint density at radius 2 is 1.76 bits per heavy atom. The van der Waals surface area contributed by atoms with E-state index in [9.17, 15) is 9.90 Å². The first-order chi connectivity index (χ1) is 12.2. The minimum absolute atomic E-state index is 0.0821. The zero-order valence-corrected chi connectivity index (χ0v) is 14.6. The average Bonchev–Trinajstić information content (AvgIpc) is 2.65. The Bertz CT molecular complexity index is 693. The van der Waals surface area contributed by atoms with Crippen molar-refractivity contribution in [2.24, 2.45) is 5.92 Å². The number of carbonyl (C=O) groups is 1. The molecule has 3 rings (SSSR count). The topological polar surface area (TPSA) is 49.8 Å². The summed E-state index contributed by atoms with van der Waals surface area (Å²) < 4.78 is 5.87. The van der Waals surface area contributed by atoms with E-state index in [4.69, 9.17) is 4.74 Å². The van der Waals surface area contributed by atoms with Crippen LogP contribution in [0.1, 0.15) is 36.9 Å². The van der Waals surface area contributed by atoms with Crippen LogP contribution in [-0.2, 0) is 4.79 Å². The minimum atomic E-state index is -0.675. The van der Waals surface area contributed by atoms with Gasteiger partial charge in [0.1, 0.15) is 5.75 Å². The van der Waals surface area contributed by atoms with Crippen LogP contribution >= 0.6 is 0 Å². The van der Waals surface area contributed by atoms with Crippen molar-refractivity contribution in [1.29, 1.82) is 0 Å². The SMILES string of the molecule is CCOc1ccccc1C(c1ccccc1)N1CCC(C(=O)O)CC1. The number of carboxylic acid groups (broad SMARTS) is 1. The van der Waals surface area contributed by atoms with Crippen LogP contribution in [0, 0.1) is 5.92 Å². The third-order valence-corrected chi connectivity index (χ3v) is 4.87. The second-order valence-electron chi connectivity index (χ2n) is 6.43. The van der Waals surface area contributed by atoms with Gasteiger partial charge in [-0.25, -0.2) is 0 Å². The van der Waals surface area contributed by atoms with Crippen molar-refractivity contribution in [1.82, 2.24) is 4.90 Å². The highest BCUT2D eigenvalue weighted by atomic mass is 16.5. The fraction of sp³-hybridized carbons (Fsp3) is 0.381. The van der Waals surface area contributed by atoms with E-state index < -0.39 is 5.97 Å². The molecular formula is C21H25NO3. The highest BCUT2D eigenvalue weighted by Crippen LogP contribution is 2.37. The van der Waals surface area contributed by atoms with E-state index in [0.717, 1.165) is 24.4 Å². The molecule has 25 heavy (non-hydrogen) atoms. The quantitative estimate of drug-likeness (QED) is 0.865. The van der Waals surface area contributed by atoms with Crippen molar-refractivity contribution in [3.05, 3.63) is 65.7 Å². The molecule has 1 aliphatic rings. The molecule has 1 aliphatic heterocycles. The molecule has 132 valence electrons. The van der Waals surface area contributed by atoms with Crippen molar-refractivity contribution < 1.29 is 14.6 Å². The molecule has 0 radical (unpaired) electrons. The zero-order valence-electron chi connectivity index (χ0n) is 14.6. The van der Waals surface area contributed by atoms with Gasteiger partial charge in [-0.3, -0.25) is 9.69 Å². The monoisotopic (exact) mass is 339 g/mol. The van der Waals surface area contributed by atoms with Gasteiger partial charge < -0.3 is 9.84 Å². The van der Waals surface area contributed by atoms with E-state index in [1.54, 1.807) is 0 Å². The Kier molecular flexibility index (Phi) is 5.71. The van der Waals surface area contributed by atoms with Crippen LogP contribution in [-0.4, -0.2) is 35.7 Å². The van der Waals surface area contributed by atoms with Crippen molar-refractivity contribution in [2.75, 3.05) is 19.7 Å². The summed E-state index contributed by atoms with van der Waals surface area (Å²) in [6, 6.07) is 18.6. The molecule has 0 saturated carbocycles. The van der Waals surface area contributed by atoms with Crippen LogP contribution in [0.15, 0.2) is 54.6 Å². The molecule has 0 amide bonds. The zero-order chi connectivity index (χ0) is 17.6. The summed E-state index contributed by atoms with van der Waals surface area (Å²) in [7, 11) is 0. The van der Waals surface area contributed by atoms with Gasteiger partial charge >= 0.3 is 5.97 Å². The second kappa shape index (κ2) is 8.17. The van der Waals surface area contributed by atoms with E-state index in [2.05, 4.69) is 35.2 Å². The number of rotatable bonds is 6. The first-order valence-corrected chi connectivity index (χ1v) is 8.94. The third-order valence-electron chi connectivity index (χ3n) is 4.87. The van der Waals surface area contributed by atoms with Gasteiger partial charge in [-0.15, -0.1) is 0 Å². The van der Waals surface area contributed by atoms with E-state index in [0.29, 0.717) is 19.4 Å². The summed E-state index contributed by atoms with van der Waals surface area (Å²) in [6.07, 6.45) is 1.38. The largest absolute Gasteiger partial charge is 0.494 e. The Balaban J connectivity index is 1.94. The number of likely N-dealkylation sites (tertiary alicyclic amines) is 1. The molecule has 4 heteroatoms. The first kappa shape index (κ1) is 17.5. The molecule has 1 heterocycles. The molecule has 1 saturated heterocycles. The van der Waals surface area contributed by atoms with Crippen molar-refractivity contribution >= 4 is 5.97 Å². The maximum Gasteiger partial charge on any atom is 0.306 e. The highest BCUT2D eigenvalue weighted by Gasteiger charge is 2.31. The molecule has 1 unspecified atom stereocenters. The van der Waals surface area contributed by atoms with Crippen LogP contribution in [0.2, 0.25) is 0 Å². The predicted molar refractivity (Wildman–Crippen MR) is 97.8 cm³/mol. The van der Waals surface area contributed by atoms with E-state index in [1.165, 1.54) is 5.56 Å². The Labute approximate surface area is 149 Å². The summed E-state index contributed by atoms with van der Waals surface area (Å²) in [6.45, 7) is 4.17. The van der Waals surface area contributed by atoms with Gasteiger partial charge in [-0.1, -0.05) is 48.5 Å². The summed E-state index contributed by atoms with van der Waals surface area (Å²) >= 11 is 0. The van der Waals surface area contributed by atoms with Crippen molar-refractivity contribution in [3.8, 4) is 5.75 Å². The molecular weight excluding hydrogens is 314 g/mol. The van der Waals surface area contributed by atoms with E-state index in [1.807, 2.05) is 31.2 Å². The van der Waals surface area contributed by atoms with Gasteiger partial charge in [0.2, 0.25) is 0 Å². The fourth-order valence-electron chi connectivity index (χ4n) is 3.62. The van der Waals surface area contributed by atoms with Gasteiger partial charge in [0.05, 0.1) is 18.6 Å². The van der Waals surface area contributed by atoms with Crippen molar-refractivity contribution in [3.63, 3.8) is 0 Å². The van der Waals surface area contributed by atoms with Gasteiger partial charge in [-0.05, 0) is 44.5 Å². The average molecular weight is 339 g/mol. The molecule has 1 atom stereocenters. The van der Waals surface area contributed by atoms with Crippen LogP contribution in [0.4, 0.5) is 0 Å². The van der Waals surface area contributed by atoms with Crippen LogP contribution in [0.25, 0.3) is 0 Å². The lowest BCUT2D eigenvalue weighted by Crippen LogP contribution is -2.39. The number of para-hydroxylation sites is 1. The predicted octanol–water partition coefficient (Wildman–Crippen LogP) is 3.97. The van der Waals surface area contributed by atoms with Crippen molar-refractivity contribution in [2.45, 2.75) is 25.8 Å². The van der Waals surface area contributed by atoms with Crippen LogP contribution in [0.5, 0.6) is 5.75 Å². The Hall–Kier alpha value is -2.33. The number of hydrogen-bond acceptors (Lipinski definition) is 3. The number of aliphatic carboxylic acids is 1. The number of benzene rings is 2. The smallest absolute Gasteiger partial charge is 0.306 e. The molecule has 2 aromatic carbocycles. The Morgan fingerprint density at radius 1 is 1.12 bits per heavy atom. The summed E-state index contributed by atoms with van der Waals surface area (Å²) in [4.78, 5) is 13.7. The van der Waals surface area contributed by atoms with Crippen LogP contribution < -0.4 is 4.74 Å². The summed E-state index contributed by atoms with van der Waals surface area (Å²) in [5, 5.41) is 9.27. The van der Waals surface area contributed by atoms with E-state index in [-0.39, 0.29) is 12.0 Å². The molecule has 0 aromatic heterocycles. The van der Waals surface area contributed by atoms with Gasteiger partial charge in [0, 0.05) is 5.56 Å². The van der Waals surface area contributed by atoms with E-state index >= 15 is 0 Å². The molecule has 1 N–H and O–H groups in total. The molecule has 1 fully saturated rings. The normalized spacial score (nSPS) is 17.2. The van der Waals surface area contributed by atoms with Crippen LogP contribution in [0.3, 0.4) is 0 Å². The number of carboxylic acids is 1. The molecule has 4 nitrogen and oxygen atoms in total. The first-order valence-electron chi connectivity index (χ1n) is 8.94. The number of hydrogen-bond donors (Lipinski definition) is 1. The fourth-order valence-corrected chi connectivity index (χ4v) is 3.62. The lowest BCUT2D eigenvalue weighted by molar-refractivity contribution is -0.143. The molecule has 0 aliphatic carbocycles. The lowest BCUT2D eigenvalue weighted by Gasteiger charge is -2.37. The second-order valence-corrected chi connectivity index (χ2v) is 6.43. The third kappa shape index (κ3) is 4.02. The summed E-state index contributed by atoms with van der Waals surface area (Å²) in [5.41, 5.74) is 2.35. The van der Waals surface area contributed by atoms with Gasteiger partial charge in [0.15, 0.2) is 0 Å². The van der Waals surface area contributed by atoms with Gasteiger partial charge in [0.25, 0.3) is 0 Å². The lowest BCUT2D eigenvalue weighted by atomic mass is 9.91. The maximum absolute atomic E-state index is 11.3. The standard InChI is InChI=1S/C21H25NO3/c1-2-25-19-11-7-6-10-18(19)20(16-8-4-3-5-9-16)22-14-12-17(13-15-22)21(23)24/h3-11,17,20H,2,12-15H2,1H3,(H,23,24). The minimum Gasteiger partial charge on any atom is -0.494 e. The maximum atomic E-state index is 11.3. The molecule has 0 spiro atoms. The number of nitrogens with zero attached hydrogens (tertiary/aromatic N) is 1. The van der Waals surface area contributed by atoms with Gasteiger partial charge in [-0.2, -0.15) is 0 Å². The molecule has 0 bridgehead atoms.